The summed E-state index contributed by atoms with van der Waals surface area (Å²) in [4.78, 5) is 23.3. The third-order valence-electron chi connectivity index (χ3n) is 3.93. The first-order chi connectivity index (χ1) is 12.1. The van der Waals surface area contributed by atoms with Crippen molar-refractivity contribution < 1.29 is 14.3 Å². The standard InChI is InChI=1S/C18H22N4O3/c1-13-17(21-16(23)12-25-15-6-4-3-5-7-15)14(2)20-18(19-13)22-8-10-24-11-9-22/h3-7H,8-12H2,1-2H3,(H,21,23). The van der Waals surface area contributed by atoms with Crippen molar-refractivity contribution in [3.8, 4) is 5.75 Å². The Morgan fingerprint density at radius 2 is 1.80 bits per heavy atom. The highest BCUT2D eigenvalue weighted by molar-refractivity contribution is 5.93. The number of nitrogens with zero attached hydrogens (tertiary/aromatic N) is 3. The minimum absolute atomic E-state index is 0.0614. The normalized spacial score (nSPS) is 14.2. The first-order valence-corrected chi connectivity index (χ1v) is 8.29. The fraction of sp³-hybridized carbons (Fsp3) is 0.389. The molecule has 1 N–H and O–H groups in total. The highest BCUT2D eigenvalue weighted by Crippen LogP contribution is 2.21. The Morgan fingerprint density at radius 3 is 2.44 bits per heavy atom. The van der Waals surface area contributed by atoms with E-state index in [1.807, 2.05) is 44.2 Å². The third-order valence-corrected chi connectivity index (χ3v) is 3.93. The van der Waals surface area contributed by atoms with Gasteiger partial charge in [0.15, 0.2) is 6.61 Å². The molecule has 0 aliphatic carbocycles. The van der Waals surface area contributed by atoms with Crippen LogP contribution in [0.3, 0.4) is 0 Å². The van der Waals surface area contributed by atoms with Gasteiger partial charge in [-0.25, -0.2) is 9.97 Å². The maximum Gasteiger partial charge on any atom is 0.262 e. The van der Waals surface area contributed by atoms with E-state index < -0.39 is 0 Å². The SMILES string of the molecule is Cc1nc(N2CCOCC2)nc(C)c1NC(=O)COc1ccccc1. The van der Waals surface area contributed by atoms with Gasteiger partial charge < -0.3 is 19.7 Å². The van der Waals surface area contributed by atoms with Gasteiger partial charge in [-0.1, -0.05) is 18.2 Å². The topological polar surface area (TPSA) is 76.6 Å². The second-order valence-corrected chi connectivity index (χ2v) is 5.82. The number of rotatable bonds is 5. The van der Waals surface area contributed by atoms with E-state index in [1.165, 1.54) is 0 Å². The number of carbonyl (C=O) groups is 1. The minimum Gasteiger partial charge on any atom is -0.484 e. The summed E-state index contributed by atoms with van der Waals surface area (Å²) >= 11 is 0. The van der Waals surface area contributed by atoms with Crippen LogP contribution in [0.4, 0.5) is 11.6 Å². The number of nitrogens with one attached hydrogen (secondary N) is 1. The molecule has 0 saturated carbocycles. The number of aromatic nitrogens is 2. The van der Waals surface area contributed by atoms with E-state index in [2.05, 4.69) is 20.2 Å². The molecule has 1 aromatic heterocycles. The number of morpholine rings is 1. The van der Waals surface area contributed by atoms with Gasteiger partial charge in [-0.3, -0.25) is 4.79 Å². The van der Waals surface area contributed by atoms with Gasteiger partial charge in [0.05, 0.1) is 30.3 Å². The van der Waals surface area contributed by atoms with Crippen LogP contribution in [0.1, 0.15) is 11.4 Å². The maximum atomic E-state index is 12.2. The largest absolute Gasteiger partial charge is 0.484 e. The van der Waals surface area contributed by atoms with Crippen molar-refractivity contribution in [1.29, 1.82) is 0 Å². The van der Waals surface area contributed by atoms with Crippen molar-refractivity contribution in [2.75, 3.05) is 43.1 Å². The first kappa shape index (κ1) is 17.2. The lowest BCUT2D eigenvalue weighted by Gasteiger charge is -2.27. The summed E-state index contributed by atoms with van der Waals surface area (Å²) in [5, 5.41) is 2.85. The Labute approximate surface area is 147 Å². The average molecular weight is 342 g/mol. The van der Waals surface area contributed by atoms with Crippen LogP contribution in [0.15, 0.2) is 30.3 Å². The number of carbonyl (C=O) groups excluding carboxylic acids is 1. The maximum absolute atomic E-state index is 12.2. The van der Waals surface area contributed by atoms with Gasteiger partial charge in [0.2, 0.25) is 5.95 Å². The van der Waals surface area contributed by atoms with Crippen LogP contribution in [0.25, 0.3) is 0 Å². The summed E-state index contributed by atoms with van der Waals surface area (Å²) < 4.78 is 10.8. The summed E-state index contributed by atoms with van der Waals surface area (Å²) in [6.07, 6.45) is 0. The summed E-state index contributed by atoms with van der Waals surface area (Å²) in [6, 6.07) is 9.24. The lowest BCUT2D eigenvalue weighted by molar-refractivity contribution is -0.118. The van der Waals surface area contributed by atoms with E-state index in [-0.39, 0.29) is 12.5 Å². The number of amides is 1. The molecule has 1 aromatic carbocycles. The first-order valence-electron chi connectivity index (χ1n) is 8.29. The van der Waals surface area contributed by atoms with E-state index >= 15 is 0 Å². The summed E-state index contributed by atoms with van der Waals surface area (Å²) in [5.74, 6) is 1.10. The highest BCUT2D eigenvalue weighted by Gasteiger charge is 2.17. The molecule has 3 rings (SSSR count). The molecular formula is C18H22N4O3. The molecule has 7 heteroatoms. The Balaban J connectivity index is 1.64. The number of ether oxygens (including phenoxy) is 2. The van der Waals surface area contributed by atoms with E-state index in [1.54, 1.807) is 0 Å². The lowest BCUT2D eigenvalue weighted by Crippen LogP contribution is -2.37. The summed E-state index contributed by atoms with van der Waals surface area (Å²) in [6.45, 7) is 6.57. The predicted molar refractivity (Wildman–Crippen MR) is 95.1 cm³/mol. The molecule has 7 nitrogen and oxygen atoms in total. The summed E-state index contributed by atoms with van der Waals surface area (Å²) in [5.41, 5.74) is 2.11. The lowest BCUT2D eigenvalue weighted by atomic mass is 10.2. The quantitative estimate of drug-likeness (QED) is 0.895. The van der Waals surface area contributed by atoms with Gasteiger partial charge in [-0.2, -0.15) is 0 Å². The van der Waals surface area contributed by atoms with Crippen LogP contribution in [0.5, 0.6) is 5.75 Å². The monoisotopic (exact) mass is 342 g/mol. The average Bonchev–Trinajstić information content (AvgIpc) is 2.64. The van der Waals surface area contributed by atoms with Gasteiger partial charge in [0.25, 0.3) is 5.91 Å². The molecule has 1 amide bonds. The zero-order valence-electron chi connectivity index (χ0n) is 14.5. The smallest absolute Gasteiger partial charge is 0.262 e. The van der Waals surface area contributed by atoms with Gasteiger partial charge in [-0.05, 0) is 26.0 Å². The highest BCUT2D eigenvalue weighted by atomic mass is 16.5. The second kappa shape index (κ2) is 7.94. The van der Waals surface area contributed by atoms with Crippen molar-refractivity contribution in [1.82, 2.24) is 9.97 Å². The zero-order valence-corrected chi connectivity index (χ0v) is 14.5. The molecule has 0 bridgehead atoms. The van der Waals surface area contributed by atoms with Gasteiger partial charge in [0, 0.05) is 13.1 Å². The second-order valence-electron chi connectivity index (χ2n) is 5.82. The van der Waals surface area contributed by atoms with Gasteiger partial charge in [0.1, 0.15) is 5.75 Å². The molecule has 1 aliphatic heterocycles. The third kappa shape index (κ3) is 4.45. The Morgan fingerprint density at radius 1 is 1.16 bits per heavy atom. The number of para-hydroxylation sites is 1. The Kier molecular flexibility index (Phi) is 5.45. The number of anilines is 2. The van der Waals surface area contributed by atoms with Crippen LogP contribution in [-0.2, 0) is 9.53 Å². The van der Waals surface area contributed by atoms with Gasteiger partial charge in [-0.15, -0.1) is 0 Å². The molecule has 0 spiro atoms. The molecule has 2 aromatic rings. The Bertz CT molecular complexity index is 707. The van der Waals surface area contributed by atoms with E-state index in [0.717, 1.165) is 24.5 Å². The van der Waals surface area contributed by atoms with Crippen LogP contribution in [0, 0.1) is 13.8 Å². The zero-order chi connectivity index (χ0) is 17.6. The number of aryl methyl sites for hydroxylation is 2. The Hall–Kier alpha value is -2.67. The van der Waals surface area contributed by atoms with E-state index in [0.29, 0.717) is 30.6 Å². The van der Waals surface area contributed by atoms with Crippen molar-refractivity contribution in [2.45, 2.75) is 13.8 Å². The molecular weight excluding hydrogens is 320 g/mol. The fourth-order valence-corrected chi connectivity index (χ4v) is 2.63. The van der Waals surface area contributed by atoms with E-state index in [9.17, 15) is 4.79 Å². The van der Waals surface area contributed by atoms with Crippen molar-refractivity contribution in [3.63, 3.8) is 0 Å². The van der Waals surface area contributed by atoms with Gasteiger partial charge >= 0.3 is 0 Å². The van der Waals surface area contributed by atoms with Crippen molar-refractivity contribution >= 4 is 17.5 Å². The van der Waals surface area contributed by atoms with Crippen molar-refractivity contribution in [2.24, 2.45) is 0 Å². The van der Waals surface area contributed by atoms with Crippen LogP contribution in [0.2, 0.25) is 0 Å². The van der Waals surface area contributed by atoms with Crippen LogP contribution < -0.4 is 15.0 Å². The van der Waals surface area contributed by atoms with Crippen LogP contribution in [-0.4, -0.2) is 48.8 Å². The molecule has 0 radical (unpaired) electrons. The number of benzene rings is 1. The van der Waals surface area contributed by atoms with Crippen LogP contribution >= 0.6 is 0 Å². The van der Waals surface area contributed by atoms with E-state index in [4.69, 9.17) is 9.47 Å². The molecule has 132 valence electrons. The molecule has 0 atom stereocenters. The predicted octanol–water partition coefficient (Wildman–Crippen LogP) is 1.95. The molecule has 1 fully saturated rings. The molecule has 1 aliphatic rings. The molecule has 25 heavy (non-hydrogen) atoms. The number of hydrogen-bond acceptors (Lipinski definition) is 6. The molecule has 0 unspecified atom stereocenters. The minimum atomic E-state index is -0.238. The fourth-order valence-electron chi connectivity index (χ4n) is 2.63. The number of hydrogen-bond donors (Lipinski definition) is 1. The molecule has 1 saturated heterocycles. The van der Waals surface area contributed by atoms with Crippen molar-refractivity contribution in [3.05, 3.63) is 41.7 Å². The summed E-state index contributed by atoms with van der Waals surface area (Å²) in [7, 11) is 0. The molecule has 2 heterocycles.